The Bertz CT molecular complexity index is 187. The van der Waals surface area contributed by atoms with Crippen LogP contribution in [0.4, 0.5) is 0 Å². The lowest BCUT2D eigenvalue weighted by Crippen LogP contribution is -1.62. The fourth-order valence-electron chi connectivity index (χ4n) is 0.372. The summed E-state index contributed by atoms with van der Waals surface area (Å²) in [5.74, 6) is 0. The van der Waals surface area contributed by atoms with Crippen molar-refractivity contribution in [2.75, 3.05) is 0 Å². The lowest BCUT2D eigenvalue weighted by molar-refractivity contribution is 1.32. The van der Waals surface area contributed by atoms with E-state index in [9.17, 15) is 0 Å². The first-order chi connectivity index (χ1) is 4.39. The van der Waals surface area contributed by atoms with Crippen molar-refractivity contribution in [2.24, 2.45) is 0 Å². The van der Waals surface area contributed by atoms with Gasteiger partial charge in [-0.1, -0.05) is 12.2 Å². The van der Waals surface area contributed by atoms with Gasteiger partial charge in [0, 0.05) is 16.9 Å². The van der Waals surface area contributed by atoms with Gasteiger partial charge in [-0.2, -0.15) is 0 Å². The van der Waals surface area contributed by atoms with Gasteiger partial charge in [0.2, 0.25) is 0 Å². The van der Waals surface area contributed by atoms with Crippen LogP contribution in [0.5, 0.6) is 0 Å². The first kappa shape index (κ1) is 8.11. The molecule has 0 saturated carbocycles. The third-order valence-corrected chi connectivity index (χ3v) is 0.960. The molecule has 1 aromatic rings. The van der Waals surface area contributed by atoms with Crippen LogP contribution >= 0.6 is 12.2 Å². The summed E-state index contributed by atoms with van der Waals surface area (Å²) in [5.41, 5.74) is 0. The van der Waals surface area contributed by atoms with Gasteiger partial charge in [0.25, 0.3) is 0 Å². The Labute approximate surface area is 60.1 Å². The Kier molecular flexibility index (Phi) is 4.73. The average Bonchev–Trinajstić information content (AvgIpc) is 1.94. The first-order valence-corrected chi connectivity index (χ1v) is 2.93. The zero-order valence-corrected chi connectivity index (χ0v) is 5.95. The maximum atomic E-state index is 4.79. The summed E-state index contributed by atoms with van der Waals surface area (Å²) in [6.07, 6.45) is 3.62. The van der Waals surface area contributed by atoms with E-state index in [1.807, 2.05) is 24.5 Å². The number of rotatable bonds is 0. The second-order valence-corrected chi connectivity index (χ2v) is 1.71. The number of pyridine rings is 1. The number of aromatic nitrogens is 1. The molecular weight excluding hydrogens is 130 g/mol. The lowest BCUT2D eigenvalue weighted by Gasteiger charge is -1.75. The molecule has 1 heterocycles. The molecule has 0 aliphatic carbocycles. The zero-order valence-electron chi connectivity index (χ0n) is 5.13. The summed E-state index contributed by atoms with van der Waals surface area (Å²) in [5, 5.41) is 0. The summed E-state index contributed by atoms with van der Waals surface area (Å²) >= 11 is 4.79. The molecule has 0 bridgehead atoms. The van der Waals surface area contributed by atoms with Crippen molar-refractivity contribution in [3.63, 3.8) is 0 Å². The van der Waals surface area contributed by atoms with Crippen LogP contribution in [0.3, 0.4) is 0 Å². The molecule has 9 heavy (non-hydrogen) atoms. The molecule has 0 aliphatic rings. The molecule has 1 aromatic heterocycles. The zero-order chi connectivity index (χ0) is 7.11. The second-order valence-electron chi connectivity index (χ2n) is 1.24. The van der Waals surface area contributed by atoms with Crippen molar-refractivity contribution in [1.29, 1.82) is 0 Å². The van der Waals surface area contributed by atoms with Crippen LogP contribution in [0.2, 0.25) is 0 Å². The lowest BCUT2D eigenvalue weighted by atomic mass is 10.5. The van der Waals surface area contributed by atoms with Gasteiger partial charge < -0.3 is 4.98 Å². The number of hydrogen-bond donors (Lipinski definition) is 1. The molecule has 1 rings (SSSR count). The van der Waals surface area contributed by atoms with Crippen LogP contribution in [-0.2, 0) is 0 Å². The fraction of sp³-hybridized carbons (Fsp3) is 0. The summed E-state index contributed by atoms with van der Waals surface area (Å²) < 4.78 is 0.874. The van der Waals surface area contributed by atoms with Crippen LogP contribution in [0.25, 0.3) is 0 Å². The topological polar surface area (TPSA) is 15.8 Å². The van der Waals surface area contributed by atoms with Crippen LogP contribution in [0.1, 0.15) is 0 Å². The van der Waals surface area contributed by atoms with Crippen LogP contribution in [-0.4, -0.2) is 4.98 Å². The summed E-state index contributed by atoms with van der Waals surface area (Å²) in [4.78, 5) is 2.87. The van der Waals surface area contributed by atoms with E-state index in [4.69, 9.17) is 12.2 Å². The minimum Gasteiger partial charge on any atom is -0.368 e. The summed E-state index contributed by atoms with van der Waals surface area (Å²) in [7, 11) is 0. The van der Waals surface area contributed by atoms with E-state index in [-0.39, 0.29) is 0 Å². The van der Waals surface area contributed by atoms with Gasteiger partial charge in [0.15, 0.2) is 0 Å². The van der Waals surface area contributed by atoms with Crippen molar-refractivity contribution < 1.29 is 0 Å². The molecule has 0 amide bonds. The Hall–Kier alpha value is -0.890. The molecule has 0 fully saturated rings. The quantitative estimate of drug-likeness (QED) is 0.431. The molecule has 0 unspecified atom stereocenters. The molecular formula is C7H9NS. The van der Waals surface area contributed by atoms with E-state index in [0.717, 1.165) is 4.51 Å². The third-order valence-electron chi connectivity index (χ3n) is 0.688. The molecule has 0 saturated heterocycles. The Morgan fingerprint density at radius 3 is 1.89 bits per heavy atom. The standard InChI is InChI=1S/C5H5NS.C2H4/c7-5-1-3-6-4-2-5;1-2/h1-4H,(H,6,7);1-2H2. The Balaban J connectivity index is 0.000000291. The van der Waals surface area contributed by atoms with E-state index in [0.29, 0.717) is 0 Å². The smallest absolute Gasteiger partial charge is 0.0406 e. The molecule has 0 atom stereocenters. The minimum atomic E-state index is 0.874. The summed E-state index contributed by atoms with van der Waals surface area (Å²) in [6.45, 7) is 6.00. The van der Waals surface area contributed by atoms with Gasteiger partial charge in [-0.15, -0.1) is 13.2 Å². The number of hydrogen-bond acceptors (Lipinski definition) is 1. The molecule has 48 valence electrons. The highest BCUT2D eigenvalue weighted by Crippen LogP contribution is 1.82. The van der Waals surface area contributed by atoms with Gasteiger partial charge in [-0.25, -0.2) is 0 Å². The van der Waals surface area contributed by atoms with E-state index in [1.165, 1.54) is 0 Å². The van der Waals surface area contributed by atoms with Gasteiger partial charge in [0.05, 0.1) is 0 Å². The third kappa shape index (κ3) is 3.67. The maximum absolute atomic E-state index is 4.79. The van der Waals surface area contributed by atoms with E-state index >= 15 is 0 Å². The highest BCUT2D eigenvalue weighted by atomic mass is 32.1. The summed E-state index contributed by atoms with van der Waals surface area (Å²) in [6, 6.07) is 3.69. The highest BCUT2D eigenvalue weighted by Gasteiger charge is 1.66. The molecule has 2 heteroatoms. The van der Waals surface area contributed by atoms with Crippen LogP contribution in [0.15, 0.2) is 37.7 Å². The molecule has 0 aromatic carbocycles. The average molecular weight is 139 g/mol. The highest BCUT2D eigenvalue weighted by molar-refractivity contribution is 7.71. The number of aromatic amines is 1. The Morgan fingerprint density at radius 2 is 1.67 bits per heavy atom. The van der Waals surface area contributed by atoms with Crippen molar-refractivity contribution in [3.8, 4) is 0 Å². The predicted octanol–water partition coefficient (Wildman–Crippen LogP) is 2.55. The van der Waals surface area contributed by atoms with E-state index in [1.54, 1.807) is 0 Å². The minimum absolute atomic E-state index is 0.874. The van der Waals surface area contributed by atoms with Crippen molar-refractivity contribution >= 4 is 12.2 Å². The largest absolute Gasteiger partial charge is 0.368 e. The molecule has 1 nitrogen and oxygen atoms in total. The van der Waals surface area contributed by atoms with Gasteiger partial charge in [-0.05, 0) is 12.1 Å². The fourth-order valence-corrected chi connectivity index (χ4v) is 0.508. The molecule has 0 aliphatic heterocycles. The Morgan fingerprint density at radius 1 is 1.22 bits per heavy atom. The maximum Gasteiger partial charge on any atom is 0.0406 e. The van der Waals surface area contributed by atoms with Gasteiger partial charge >= 0.3 is 0 Å². The van der Waals surface area contributed by atoms with Crippen LogP contribution in [0, 0.1) is 4.51 Å². The SMILES string of the molecule is C=C.S=c1cc[nH]cc1. The van der Waals surface area contributed by atoms with Gasteiger partial charge in [-0.3, -0.25) is 0 Å². The van der Waals surface area contributed by atoms with E-state index < -0.39 is 0 Å². The molecule has 0 spiro atoms. The monoisotopic (exact) mass is 139 g/mol. The second kappa shape index (κ2) is 5.25. The predicted molar refractivity (Wildman–Crippen MR) is 42.9 cm³/mol. The molecule has 0 radical (unpaired) electrons. The normalized spacial score (nSPS) is 7.11. The van der Waals surface area contributed by atoms with Gasteiger partial charge in [0.1, 0.15) is 0 Å². The van der Waals surface area contributed by atoms with E-state index in [2.05, 4.69) is 18.1 Å². The van der Waals surface area contributed by atoms with Crippen molar-refractivity contribution in [3.05, 3.63) is 42.2 Å². The first-order valence-electron chi connectivity index (χ1n) is 2.53. The number of H-pyrrole nitrogens is 1. The van der Waals surface area contributed by atoms with Crippen molar-refractivity contribution in [1.82, 2.24) is 4.98 Å². The number of nitrogens with one attached hydrogen (secondary N) is 1. The van der Waals surface area contributed by atoms with Crippen LogP contribution < -0.4 is 0 Å². The molecule has 1 N–H and O–H groups in total. The van der Waals surface area contributed by atoms with Crippen molar-refractivity contribution in [2.45, 2.75) is 0 Å².